The number of carbonyl (C=O) groups excluding carboxylic acids is 1. The lowest BCUT2D eigenvalue weighted by molar-refractivity contribution is -0.395. The SMILES string of the molecule is Cc1ccc(OC(=O)c2cc([N+](=O)[O-])c(C)c([N+](=O)[O-])c2)cc1C. The Morgan fingerprint density at radius 1 is 0.917 bits per heavy atom. The number of nitrogens with zero attached hydrogens (tertiary/aromatic N) is 2. The summed E-state index contributed by atoms with van der Waals surface area (Å²) in [5.74, 6) is -0.640. The number of nitro groups is 2. The van der Waals surface area contributed by atoms with Crippen LogP contribution in [0, 0.1) is 41.0 Å². The fourth-order valence-corrected chi connectivity index (χ4v) is 2.12. The maximum Gasteiger partial charge on any atom is 0.344 e. The minimum Gasteiger partial charge on any atom is -0.423 e. The van der Waals surface area contributed by atoms with Crippen molar-refractivity contribution < 1.29 is 19.4 Å². The highest BCUT2D eigenvalue weighted by Gasteiger charge is 2.26. The minimum atomic E-state index is -0.899. The molecule has 0 bridgehead atoms. The Hall–Kier alpha value is -3.29. The third-order valence-corrected chi connectivity index (χ3v) is 3.67. The molecule has 0 atom stereocenters. The highest BCUT2D eigenvalue weighted by molar-refractivity contribution is 5.93. The molecule has 0 aliphatic heterocycles. The highest BCUT2D eigenvalue weighted by atomic mass is 16.6. The summed E-state index contributed by atoms with van der Waals surface area (Å²) in [5, 5.41) is 22.1. The first-order chi connectivity index (χ1) is 11.2. The van der Waals surface area contributed by atoms with Gasteiger partial charge in [0.1, 0.15) is 11.3 Å². The van der Waals surface area contributed by atoms with Gasteiger partial charge in [-0.05, 0) is 44.0 Å². The molecule has 0 fully saturated rings. The fraction of sp³-hybridized carbons (Fsp3) is 0.188. The number of carbonyl (C=O) groups is 1. The van der Waals surface area contributed by atoms with Crippen molar-refractivity contribution in [1.29, 1.82) is 0 Å². The summed E-state index contributed by atoms with van der Waals surface area (Å²) >= 11 is 0. The van der Waals surface area contributed by atoms with Crippen LogP contribution in [0.4, 0.5) is 11.4 Å². The van der Waals surface area contributed by atoms with Gasteiger partial charge in [0.15, 0.2) is 0 Å². The molecule has 8 heteroatoms. The van der Waals surface area contributed by atoms with Gasteiger partial charge in [-0.2, -0.15) is 0 Å². The van der Waals surface area contributed by atoms with E-state index in [1.54, 1.807) is 18.2 Å². The normalized spacial score (nSPS) is 10.3. The fourth-order valence-electron chi connectivity index (χ4n) is 2.12. The molecule has 0 N–H and O–H groups in total. The Kier molecular flexibility index (Phi) is 4.59. The molecule has 0 heterocycles. The van der Waals surface area contributed by atoms with Crippen molar-refractivity contribution in [2.45, 2.75) is 20.8 Å². The van der Waals surface area contributed by atoms with Crippen LogP contribution in [0.2, 0.25) is 0 Å². The van der Waals surface area contributed by atoms with Crippen LogP contribution < -0.4 is 4.74 Å². The van der Waals surface area contributed by atoms with Gasteiger partial charge in [0, 0.05) is 12.1 Å². The van der Waals surface area contributed by atoms with E-state index in [9.17, 15) is 25.0 Å². The summed E-state index contributed by atoms with van der Waals surface area (Å²) in [6.45, 7) is 5.00. The monoisotopic (exact) mass is 330 g/mol. The van der Waals surface area contributed by atoms with Gasteiger partial charge in [-0.1, -0.05) is 6.07 Å². The van der Waals surface area contributed by atoms with E-state index < -0.39 is 27.2 Å². The number of nitro benzene ring substituents is 2. The van der Waals surface area contributed by atoms with Crippen molar-refractivity contribution in [2.24, 2.45) is 0 Å². The van der Waals surface area contributed by atoms with E-state index in [2.05, 4.69) is 0 Å². The molecule has 0 saturated heterocycles. The molecule has 0 amide bonds. The number of rotatable bonds is 4. The van der Waals surface area contributed by atoms with Crippen LogP contribution in [0.3, 0.4) is 0 Å². The second kappa shape index (κ2) is 6.45. The second-order valence-corrected chi connectivity index (χ2v) is 5.29. The number of hydrogen-bond donors (Lipinski definition) is 0. The van der Waals surface area contributed by atoms with Crippen molar-refractivity contribution in [1.82, 2.24) is 0 Å². The van der Waals surface area contributed by atoms with E-state index in [0.29, 0.717) is 0 Å². The van der Waals surface area contributed by atoms with Crippen molar-refractivity contribution in [3.8, 4) is 5.75 Å². The molecule has 0 aliphatic rings. The number of esters is 1. The van der Waals surface area contributed by atoms with Gasteiger partial charge in [0.2, 0.25) is 0 Å². The lowest BCUT2D eigenvalue weighted by Crippen LogP contribution is -2.10. The van der Waals surface area contributed by atoms with Gasteiger partial charge in [-0.25, -0.2) is 4.79 Å². The zero-order valence-corrected chi connectivity index (χ0v) is 13.2. The standard InChI is InChI=1S/C16H14N2O6/c1-9-4-5-13(6-10(9)2)24-16(19)12-7-14(17(20)21)11(3)15(8-12)18(22)23/h4-8H,1-3H3. The van der Waals surface area contributed by atoms with Crippen LogP contribution in [0.15, 0.2) is 30.3 Å². The first-order valence-electron chi connectivity index (χ1n) is 6.93. The van der Waals surface area contributed by atoms with E-state index in [0.717, 1.165) is 23.3 Å². The number of aryl methyl sites for hydroxylation is 2. The van der Waals surface area contributed by atoms with Gasteiger partial charge in [-0.15, -0.1) is 0 Å². The van der Waals surface area contributed by atoms with Gasteiger partial charge < -0.3 is 4.74 Å². The van der Waals surface area contributed by atoms with Gasteiger partial charge in [0.05, 0.1) is 15.4 Å². The Balaban J connectivity index is 2.43. The molecule has 8 nitrogen and oxygen atoms in total. The molecule has 0 radical (unpaired) electrons. The first kappa shape index (κ1) is 17.1. The molecular formula is C16H14N2O6. The zero-order valence-electron chi connectivity index (χ0n) is 13.2. The van der Waals surface area contributed by atoms with Crippen LogP contribution in [0.1, 0.15) is 27.0 Å². The Morgan fingerprint density at radius 2 is 1.46 bits per heavy atom. The quantitative estimate of drug-likeness (QED) is 0.366. The molecule has 24 heavy (non-hydrogen) atoms. The first-order valence-corrected chi connectivity index (χ1v) is 6.93. The molecule has 2 rings (SSSR count). The molecule has 2 aromatic rings. The van der Waals surface area contributed by atoms with Crippen molar-refractivity contribution in [3.63, 3.8) is 0 Å². The smallest absolute Gasteiger partial charge is 0.344 e. The summed E-state index contributed by atoms with van der Waals surface area (Å²) in [6, 6.07) is 6.94. The summed E-state index contributed by atoms with van der Waals surface area (Å²) in [7, 11) is 0. The summed E-state index contributed by atoms with van der Waals surface area (Å²) in [4.78, 5) is 32.8. The van der Waals surface area contributed by atoms with E-state index in [4.69, 9.17) is 4.74 Å². The molecule has 0 aliphatic carbocycles. The molecule has 124 valence electrons. The number of ether oxygens (including phenoxy) is 1. The average Bonchev–Trinajstić information content (AvgIpc) is 2.50. The summed E-state index contributed by atoms with van der Waals surface area (Å²) in [6.07, 6.45) is 0. The molecule has 0 spiro atoms. The van der Waals surface area contributed by atoms with E-state index >= 15 is 0 Å². The topological polar surface area (TPSA) is 113 Å². The molecule has 0 aromatic heterocycles. The van der Waals surface area contributed by atoms with Crippen LogP contribution in [-0.4, -0.2) is 15.8 Å². The number of benzene rings is 2. The second-order valence-electron chi connectivity index (χ2n) is 5.29. The van der Waals surface area contributed by atoms with E-state index in [1.165, 1.54) is 6.92 Å². The zero-order chi connectivity index (χ0) is 18.0. The number of hydrogen-bond acceptors (Lipinski definition) is 6. The highest BCUT2D eigenvalue weighted by Crippen LogP contribution is 2.30. The van der Waals surface area contributed by atoms with Crippen molar-refractivity contribution in [3.05, 3.63) is 72.8 Å². The third kappa shape index (κ3) is 3.37. The molecular weight excluding hydrogens is 316 g/mol. The maximum absolute atomic E-state index is 12.2. The maximum atomic E-state index is 12.2. The summed E-state index contributed by atoms with van der Waals surface area (Å²) < 4.78 is 5.16. The Labute approximate surface area is 137 Å². The Morgan fingerprint density at radius 3 is 1.92 bits per heavy atom. The van der Waals surface area contributed by atoms with Crippen LogP contribution in [0.5, 0.6) is 5.75 Å². The molecule has 0 unspecified atom stereocenters. The van der Waals surface area contributed by atoms with Crippen molar-refractivity contribution >= 4 is 17.3 Å². The van der Waals surface area contributed by atoms with Crippen LogP contribution in [0.25, 0.3) is 0 Å². The van der Waals surface area contributed by atoms with Gasteiger partial charge >= 0.3 is 5.97 Å². The van der Waals surface area contributed by atoms with E-state index in [1.807, 2.05) is 13.8 Å². The largest absolute Gasteiger partial charge is 0.423 e. The molecule has 0 saturated carbocycles. The predicted octanol–water partition coefficient (Wildman–Crippen LogP) is 3.65. The van der Waals surface area contributed by atoms with Gasteiger partial charge in [0.25, 0.3) is 11.4 Å². The average molecular weight is 330 g/mol. The van der Waals surface area contributed by atoms with Crippen LogP contribution in [-0.2, 0) is 0 Å². The molecule has 2 aromatic carbocycles. The van der Waals surface area contributed by atoms with Crippen LogP contribution >= 0.6 is 0 Å². The lowest BCUT2D eigenvalue weighted by atomic mass is 10.1. The summed E-state index contributed by atoms with van der Waals surface area (Å²) in [5.41, 5.74) is 0.537. The lowest BCUT2D eigenvalue weighted by Gasteiger charge is -2.07. The Bertz CT molecular complexity index is 825. The van der Waals surface area contributed by atoms with Crippen molar-refractivity contribution in [2.75, 3.05) is 0 Å². The predicted molar refractivity (Wildman–Crippen MR) is 85.4 cm³/mol. The minimum absolute atomic E-state index is 0.118. The van der Waals surface area contributed by atoms with Gasteiger partial charge in [-0.3, -0.25) is 20.2 Å². The third-order valence-electron chi connectivity index (χ3n) is 3.67. The van der Waals surface area contributed by atoms with E-state index in [-0.39, 0.29) is 16.9 Å².